The summed E-state index contributed by atoms with van der Waals surface area (Å²) in [6.07, 6.45) is 0.0101. The van der Waals surface area contributed by atoms with Gasteiger partial charge < -0.3 is 20.3 Å². The molecule has 0 saturated heterocycles. The molecule has 0 heterocycles. The van der Waals surface area contributed by atoms with E-state index in [9.17, 15) is 14.4 Å². The minimum atomic E-state index is -0.859. The molecule has 192 valence electrons. The number of carbonyl (C=O) groups is 3. The topological polar surface area (TPSA) is 87.7 Å². The van der Waals surface area contributed by atoms with Crippen LogP contribution in [0.15, 0.2) is 24.3 Å². The zero-order valence-electron chi connectivity index (χ0n) is 22.9. The lowest BCUT2D eigenvalue weighted by atomic mass is 9.91. The van der Waals surface area contributed by atoms with Gasteiger partial charge in [-0.15, -0.1) is 0 Å². The highest BCUT2D eigenvalue weighted by Gasteiger charge is 2.43. The van der Waals surface area contributed by atoms with Gasteiger partial charge in [0.15, 0.2) is 0 Å². The van der Waals surface area contributed by atoms with E-state index in [0.29, 0.717) is 12.0 Å². The maximum atomic E-state index is 14.1. The fourth-order valence-corrected chi connectivity index (χ4v) is 3.64. The normalized spacial score (nSPS) is 14.7. The molecule has 0 bridgehead atoms. The first-order chi connectivity index (χ1) is 15.5. The molecule has 1 aromatic rings. The molecule has 0 fully saturated rings. The SMILES string of the molecule is CCC(C)C(NC(=O)OC(C)(C)C)C(=O)N(C(C(=O)NC(C)C)c1ccc(C)cc1)C(C)(C)C. The highest BCUT2D eigenvalue weighted by molar-refractivity contribution is 5.93. The summed E-state index contributed by atoms with van der Waals surface area (Å²) in [5, 5.41) is 5.76. The summed E-state index contributed by atoms with van der Waals surface area (Å²) < 4.78 is 5.44. The monoisotopic (exact) mass is 475 g/mol. The summed E-state index contributed by atoms with van der Waals surface area (Å²) >= 11 is 0. The third-order valence-corrected chi connectivity index (χ3v) is 5.44. The van der Waals surface area contributed by atoms with Gasteiger partial charge in [-0.05, 0) is 73.8 Å². The highest BCUT2D eigenvalue weighted by atomic mass is 16.6. The van der Waals surface area contributed by atoms with Gasteiger partial charge in [0, 0.05) is 11.6 Å². The minimum Gasteiger partial charge on any atom is -0.444 e. The fourth-order valence-electron chi connectivity index (χ4n) is 3.64. The number of nitrogens with one attached hydrogen (secondary N) is 2. The van der Waals surface area contributed by atoms with Gasteiger partial charge in [0.25, 0.3) is 0 Å². The molecular weight excluding hydrogens is 430 g/mol. The van der Waals surface area contributed by atoms with Crippen LogP contribution in [0.3, 0.4) is 0 Å². The van der Waals surface area contributed by atoms with Crippen molar-refractivity contribution >= 4 is 17.9 Å². The predicted molar refractivity (Wildman–Crippen MR) is 136 cm³/mol. The van der Waals surface area contributed by atoms with E-state index in [1.807, 2.05) is 79.7 Å². The van der Waals surface area contributed by atoms with Crippen molar-refractivity contribution in [2.75, 3.05) is 0 Å². The number of alkyl carbamates (subject to hydrolysis) is 1. The number of amides is 3. The number of aryl methyl sites for hydroxylation is 1. The van der Waals surface area contributed by atoms with Gasteiger partial charge in [0.2, 0.25) is 11.8 Å². The molecule has 0 aliphatic carbocycles. The summed E-state index contributed by atoms with van der Waals surface area (Å²) in [4.78, 5) is 41.9. The molecule has 1 rings (SSSR count). The number of hydrogen-bond acceptors (Lipinski definition) is 4. The van der Waals surface area contributed by atoms with E-state index >= 15 is 0 Å². The Morgan fingerprint density at radius 2 is 1.47 bits per heavy atom. The van der Waals surface area contributed by atoms with Gasteiger partial charge in [0.1, 0.15) is 17.7 Å². The molecule has 3 amide bonds. The zero-order chi connectivity index (χ0) is 26.4. The lowest BCUT2D eigenvalue weighted by Crippen LogP contribution is -2.60. The Morgan fingerprint density at radius 1 is 0.941 bits per heavy atom. The first kappa shape index (κ1) is 29.5. The second kappa shape index (κ2) is 11.7. The van der Waals surface area contributed by atoms with Crippen molar-refractivity contribution in [2.45, 2.75) is 112 Å². The molecule has 0 saturated carbocycles. The maximum absolute atomic E-state index is 14.1. The van der Waals surface area contributed by atoms with E-state index in [2.05, 4.69) is 10.6 Å². The van der Waals surface area contributed by atoms with Crippen molar-refractivity contribution in [3.05, 3.63) is 35.4 Å². The number of nitrogens with zero attached hydrogens (tertiary/aromatic N) is 1. The van der Waals surface area contributed by atoms with Crippen LogP contribution < -0.4 is 10.6 Å². The first-order valence-corrected chi connectivity index (χ1v) is 12.2. The molecule has 0 aliphatic rings. The number of ether oxygens (including phenoxy) is 1. The van der Waals surface area contributed by atoms with Crippen molar-refractivity contribution < 1.29 is 19.1 Å². The van der Waals surface area contributed by atoms with Crippen LogP contribution >= 0.6 is 0 Å². The standard InChI is InChI=1S/C27H45N3O4/c1-12-19(5)21(29-25(33)34-27(9,10)11)24(32)30(26(6,7)8)22(23(31)28-17(2)3)20-15-13-18(4)14-16-20/h13-17,19,21-22H,12H2,1-11H3,(H,28,31)(H,29,33). The van der Waals surface area contributed by atoms with E-state index in [1.54, 1.807) is 25.7 Å². The van der Waals surface area contributed by atoms with Crippen LogP contribution in [0.2, 0.25) is 0 Å². The Kier molecular flexibility index (Phi) is 10.2. The Hall–Kier alpha value is -2.57. The Bertz CT molecular complexity index is 835. The summed E-state index contributed by atoms with van der Waals surface area (Å²) in [6.45, 7) is 20.7. The van der Waals surface area contributed by atoms with Crippen molar-refractivity contribution in [1.82, 2.24) is 15.5 Å². The van der Waals surface area contributed by atoms with E-state index in [-0.39, 0.29) is 23.8 Å². The molecule has 34 heavy (non-hydrogen) atoms. The molecule has 0 radical (unpaired) electrons. The third kappa shape index (κ3) is 8.65. The molecular formula is C27H45N3O4. The van der Waals surface area contributed by atoms with Gasteiger partial charge in [-0.1, -0.05) is 50.1 Å². The van der Waals surface area contributed by atoms with E-state index in [1.165, 1.54) is 0 Å². The van der Waals surface area contributed by atoms with E-state index < -0.39 is 29.3 Å². The second-order valence-electron chi connectivity index (χ2n) is 11.4. The Balaban J connectivity index is 3.57. The molecule has 0 spiro atoms. The fraction of sp³-hybridized carbons (Fsp3) is 0.667. The van der Waals surface area contributed by atoms with Crippen LogP contribution in [0.5, 0.6) is 0 Å². The van der Waals surface area contributed by atoms with Crippen LogP contribution in [-0.2, 0) is 14.3 Å². The van der Waals surface area contributed by atoms with Crippen molar-refractivity contribution in [3.63, 3.8) is 0 Å². The minimum absolute atomic E-state index is 0.0948. The molecule has 3 unspecified atom stereocenters. The summed E-state index contributed by atoms with van der Waals surface area (Å²) in [7, 11) is 0. The zero-order valence-corrected chi connectivity index (χ0v) is 22.9. The molecule has 7 heteroatoms. The smallest absolute Gasteiger partial charge is 0.408 e. The van der Waals surface area contributed by atoms with Crippen molar-refractivity contribution in [1.29, 1.82) is 0 Å². The van der Waals surface area contributed by atoms with Gasteiger partial charge >= 0.3 is 6.09 Å². The molecule has 2 N–H and O–H groups in total. The molecule has 7 nitrogen and oxygen atoms in total. The van der Waals surface area contributed by atoms with Crippen LogP contribution in [0.1, 0.15) is 92.8 Å². The van der Waals surface area contributed by atoms with E-state index in [4.69, 9.17) is 4.74 Å². The molecule has 3 atom stereocenters. The summed E-state index contributed by atoms with van der Waals surface area (Å²) in [5.74, 6) is -0.754. The number of carbonyl (C=O) groups excluding carboxylic acids is 3. The van der Waals surface area contributed by atoms with Crippen LogP contribution in [-0.4, -0.2) is 46.0 Å². The van der Waals surface area contributed by atoms with E-state index in [0.717, 1.165) is 5.56 Å². The molecule has 0 aromatic heterocycles. The van der Waals surface area contributed by atoms with Crippen LogP contribution in [0.25, 0.3) is 0 Å². The Labute approximate surface area is 206 Å². The van der Waals surface area contributed by atoms with Gasteiger partial charge in [-0.3, -0.25) is 9.59 Å². The van der Waals surface area contributed by atoms with Crippen molar-refractivity contribution in [2.24, 2.45) is 5.92 Å². The van der Waals surface area contributed by atoms with Crippen LogP contribution in [0.4, 0.5) is 4.79 Å². The maximum Gasteiger partial charge on any atom is 0.408 e. The Morgan fingerprint density at radius 3 is 1.88 bits per heavy atom. The summed E-state index contributed by atoms with van der Waals surface area (Å²) in [5.41, 5.74) is 0.373. The average Bonchev–Trinajstić information content (AvgIpc) is 2.67. The number of rotatable bonds is 8. The lowest BCUT2D eigenvalue weighted by molar-refractivity contribution is -0.149. The summed E-state index contributed by atoms with van der Waals surface area (Å²) in [6, 6.07) is 5.82. The quantitative estimate of drug-likeness (QED) is 0.546. The molecule has 0 aliphatic heterocycles. The second-order valence-corrected chi connectivity index (χ2v) is 11.4. The first-order valence-electron chi connectivity index (χ1n) is 12.2. The predicted octanol–water partition coefficient (Wildman–Crippen LogP) is 5.13. The lowest BCUT2D eigenvalue weighted by Gasteiger charge is -2.44. The number of benzene rings is 1. The number of hydrogen-bond donors (Lipinski definition) is 2. The van der Waals surface area contributed by atoms with Gasteiger partial charge in [-0.25, -0.2) is 4.79 Å². The third-order valence-electron chi connectivity index (χ3n) is 5.44. The van der Waals surface area contributed by atoms with Gasteiger partial charge in [-0.2, -0.15) is 0 Å². The average molecular weight is 476 g/mol. The van der Waals surface area contributed by atoms with Crippen molar-refractivity contribution in [3.8, 4) is 0 Å². The largest absolute Gasteiger partial charge is 0.444 e. The van der Waals surface area contributed by atoms with Gasteiger partial charge in [0.05, 0.1) is 0 Å². The van der Waals surface area contributed by atoms with Crippen LogP contribution in [0, 0.1) is 12.8 Å². The highest BCUT2D eigenvalue weighted by Crippen LogP contribution is 2.31. The molecule has 1 aromatic carbocycles.